The van der Waals surface area contributed by atoms with Crippen LogP contribution < -0.4 is 15.1 Å². The van der Waals surface area contributed by atoms with Crippen molar-refractivity contribution in [2.24, 2.45) is 0 Å². The third-order valence-corrected chi connectivity index (χ3v) is 5.88. The van der Waals surface area contributed by atoms with Gasteiger partial charge in [0.05, 0.1) is 11.4 Å². The Morgan fingerprint density at radius 2 is 1.64 bits per heavy atom. The molecule has 0 unspecified atom stereocenters. The van der Waals surface area contributed by atoms with Gasteiger partial charge in [-0.25, -0.2) is 0 Å². The van der Waals surface area contributed by atoms with Crippen LogP contribution in [0.25, 0.3) is 0 Å². The molecule has 0 fully saturated rings. The minimum absolute atomic E-state index is 0.0117. The molecule has 4 nitrogen and oxygen atoms in total. The van der Waals surface area contributed by atoms with E-state index in [2.05, 4.69) is 40.5 Å². The van der Waals surface area contributed by atoms with E-state index in [1.165, 1.54) is 5.56 Å². The van der Waals surface area contributed by atoms with Crippen LogP contribution in [0.4, 0.5) is 17.1 Å². The minimum Gasteiger partial charge on any atom is -0.378 e. The SMILES string of the molecule is CNCc1ccc2c(c1)Sc1cc(N(C)C)ccc1N2C(=O)c1ccccc1. The van der Waals surface area contributed by atoms with E-state index < -0.39 is 0 Å². The summed E-state index contributed by atoms with van der Waals surface area (Å²) in [6.07, 6.45) is 0. The summed E-state index contributed by atoms with van der Waals surface area (Å²) in [4.78, 5) is 19.6. The van der Waals surface area contributed by atoms with E-state index in [9.17, 15) is 4.79 Å². The summed E-state index contributed by atoms with van der Waals surface area (Å²) in [5, 5.41) is 3.20. The predicted molar refractivity (Wildman–Crippen MR) is 117 cm³/mol. The molecule has 0 saturated heterocycles. The number of fused-ring (bicyclic) bond motifs is 2. The first-order valence-electron chi connectivity index (χ1n) is 9.25. The normalized spacial score (nSPS) is 12.3. The molecule has 0 spiro atoms. The molecule has 3 aromatic rings. The Kier molecular flexibility index (Phi) is 5.11. The van der Waals surface area contributed by atoms with Crippen molar-refractivity contribution in [1.29, 1.82) is 0 Å². The van der Waals surface area contributed by atoms with Crippen molar-refractivity contribution >= 4 is 34.7 Å². The van der Waals surface area contributed by atoms with Gasteiger partial charge in [0.15, 0.2) is 0 Å². The molecular weight excluding hydrogens is 366 g/mol. The molecule has 0 saturated carbocycles. The third-order valence-electron chi connectivity index (χ3n) is 4.79. The molecule has 0 atom stereocenters. The highest BCUT2D eigenvalue weighted by molar-refractivity contribution is 7.99. The molecule has 1 aliphatic heterocycles. The molecule has 5 heteroatoms. The summed E-state index contributed by atoms with van der Waals surface area (Å²) in [6.45, 7) is 0.797. The number of carbonyl (C=O) groups excluding carboxylic acids is 1. The summed E-state index contributed by atoms with van der Waals surface area (Å²) < 4.78 is 0. The fourth-order valence-electron chi connectivity index (χ4n) is 3.36. The Labute approximate surface area is 170 Å². The molecular formula is C23H23N3OS. The maximum atomic E-state index is 13.4. The fraction of sp³-hybridized carbons (Fsp3) is 0.174. The second-order valence-electron chi connectivity index (χ2n) is 6.99. The molecule has 1 amide bonds. The van der Waals surface area contributed by atoms with Crippen LogP contribution in [0.2, 0.25) is 0 Å². The zero-order valence-electron chi connectivity index (χ0n) is 16.3. The quantitative estimate of drug-likeness (QED) is 0.687. The van der Waals surface area contributed by atoms with Crippen LogP contribution in [0, 0.1) is 0 Å². The molecule has 28 heavy (non-hydrogen) atoms. The number of nitrogens with zero attached hydrogens (tertiary/aromatic N) is 2. The lowest BCUT2D eigenvalue weighted by Crippen LogP contribution is -2.28. The summed E-state index contributed by atoms with van der Waals surface area (Å²) in [5.41, 5.74) is 4.87. The summed E-state index contributed by atoms with van der Waals surface area (Å²) in [7, 11) is 6.00. The first-order chi connectivity index (χ1) is 13.6. The lowest BCUT2D eigenvalue weighted by Gasteiger charge is -2.32. The van der Waals surface area contributed by atoms with Gasteiger partial charge in [-0.15, -0.1) is 0 Å². The summed E-state index contributed by atoms with van der Waals surface area (Å²) >= 11 is 1.72. The zero-order valence-corrected chi connectivity index (χ0v) is 17.1. The van der Waals surface area contributed by atoms with Gasteiger partial charge < -0.3 is 10.2 Å². The van der Waals surface area contributed by atoms with Crippen molar-refractivity contribution in [3.05, 3.63) is 77.9 Å². The highest BCUT2D eigenvalue weighted by Gasteiger charge is 2.29. The van der Waals surface area contributed by atoms with Gasteiger partial charge in [-0.05, 0) is 55.1 Å². The van der Waals surface area contributed by atoms with Crippen molar-refractivity contribution < 1.29 is 4.79 Å². The van der Waals surface area contributed by atoms with Crippen LogP contribution in [0.15, 0.2) is 76.5 Å². The predicted octanol–water partition coefficient (Wildman–Crippen LogP) is 4.92. The number of hydrogen-bond donors (Lipinski definition) is 1. The van der Waals surface area contributed by atoms with Gasteiger partial charge in [0.1, 0.15) is 0 Å². The van der Waals surface area contributed by atoms with E-state index in [-0.39, 0.29) is 5.91 Å². The molecule has 0 bridgehead atoms. The maximum absolute atomic E-state index is 13.4. The molecule has 142 valence electrons. The highest BCUT2D eigenvalue weighted by atomic mass is 32.2. The van der Waals surface area contributed by atoms with E-state index in [0.29, 0.717) is 5.56 Å². The van der Waals surface area contributed by atoms with Crippen LogP contribution in [-0.2, 0) is 6.54 Å². The lowest BCUT2D eigenvalue weighted by atomic mass is 10.1. The maximum Gasteiger partial charge on any atom is 0.262 e. The van der Waals surface area contributed by atoms with Gasteiger partial charge >= 0.3 is 0 Å². The van der Waals surface area contributed by atoms with Gasteiger partial charge in [-0.1, -0.05) is 36.0 Å². The fourth-order valence-corrected chi connectivity index (χ4v) is 4.52. The first kappa shape index (κ1) is 18.6. The average molecular weight is 390 g/mol. The average Bonchev–Trinajstić information content (AvgIpc) is 2.72. The van der Waals surface area contributed by atoms with Crippen LogP contribution in [0.5, 0.6) is 0 Å². The molecule has 1 aliphatic rings. The summed E-state index contributed by atoms with van der Waals surface area (Å²) in [6, 6.07) is 22.0. The first-order valence-corrected chi connectivity index (χ1v) is 10.1. The Balaban J connectivity index is 1.86. The number of nitrogens with one attached hydrogen (secondary N) is 1. The Morgan fingerprint density at radius 1 is 0.964 bits per heavy atom. The number of rotatable bonds is 4. The standard InChI is InChI=1S/C23H23N3OS/c1-24-15-16-9-11-19-21(13-16)28-22-14-18(25(2)3)10-12-20(22)26(19)23(27)17-7-5-4-6-8-17/h4-14,24H,15H2,1-3H3. The van der Waals surface area contributed by atoms with Gasteiger partial charge in [0.25, 0.3) is 5.91 Å². The molecule has 1 N–H and O–H groups in total. The van der Waals surface area contributed by atoms with Gasteiger partial charge in [-0.2, -0.15) is 0 Å². The Morgan fingerprint density at radius 3 is 2.32 bits per heavy atom. The van der Waals surface area contributed by atoms with E-state index >= 15 is 0 Å². The number of hydrogen-bond acceptors (Lipinski definition) is 4. The molecule has 4 rings (SSSR count). The van der Waals surface area contributed by atoms with Gasteiger partial charge in [0, 0.05) is 41.7 Å². The van der Waals surface area contributed by atoms with Crippen molar-refractivity contribution in [3.8, 4) is 0 Å². The lowest BCUT2D eigenvalue weighted by molar-refractivity contribution is 0.0998. The largest absolute Gasteiger partial charge is 0.378 e. The van der Waals surface area contributed by atoms with E-state index in [4.69, 9.17) is 0 Å². The van der Waals surface area contributed by atoms with Crippen LogP contribution in [0.1, 0.15) is 15.9 Å². The highest BCUT2D eigenvalue weighted by Crippen LogP contribution is 2.49. The van der Waals surface area contributed by atoms with Crippen molar-refractivity contribution in [2.75, 3.05) is 30.9 Å². The number of anilines is 3. The second-order valence-corrected chi connectivity index (χ2v) is 8.07. The van der Waals surface area contributed by atoms with Crippen LogP contribution in [0.3, 0.4) is 0 Å². The molecule has 0 radical (unpaired) electrons. The minimum atomic E-state index is -0.0117. The topological polar surface area (TPSA) is 35.6 Å². The number of benzene rings is 3. The van der Waals surface area contributed by atoms with Gasteiger partial charge in [0.2, 0.25) is 0 Å². The van der Waals surface area contributed by atoms with E-state index in [1.807, 2.05) is 62.4 Å². The van der Waals surface area contributed by atoms with E-state index in [1.54, 1.807) is 11.8 Å². The number of carbonyl (C=O) groups is 1. The van der Waals surface area contributed by atoms with Crippen LogP contribution >= 0.6 is 11.8 Å². The number of amides is 1. The van der Waals surface area contributed by atoms with Crippen molar-refractivity contribution in [1.82, 2.24) is 5.32 Å². The Hall–Kier alpha value is -2.76. The zero-order chi connectivity index (χ0) is 19.7. The monoisotopic (exact) mass is 389 g/mol. The van der Waals surface area contributed by atoms with Gasteiger partial charge in [-0.3, -0.25) is 9.69 Å². The Bertz CT molecular complexity index is 1020. The molecule has 3 aromatic carbocycles. The van der Waals surface area contributed by atoms with Crippen molar-refractivity contribution in [3.63, 3.8) is 0 Å². The van der Waals surface area contributed by atoms with E-state index in [0.717, 1.165) is 33.4 Å². The molecule has 0 aliphatic carbocycles. The molecule has 1 heterocycles. The van der Waals surface area contributed by atoms with Crippen LogP contribution in [-0.4, -0.2) is 27.1 Å². The summed E-state index contributed by atoms with van der Waals surface area (Å²) in [5.74, 6) is -0.0117. The smallest absolute Gasteiger partial charge is 0.262 e. The second kappa shape index (κ2) is 7.70. The molecule has 0 aromatic heterocycles. The van der Waals surface area contributed by atoms with Crippen molar-refractivity contribution in [2.45, 2.75) is 16.3 Å². The third kappa shape index (κ3) is 3.39.